The number of sulfone groups is 1. The number of nitrogens with two attached hydrogens (primary N) is 1. The molecule has 0 saturated heterocycles. The predicted molar refractivity (Wildman–Crippen MR) is 67.1 cm³/mol. The van der Waals surface area contributed by atoms with Gasteiger partial charge in [-0.2, -0.15) is 0 Å². The highest BCUT2D eigenvalue weighted by Gasteiger charge is 2.28. The Kier molecular flexibility index (Phi) is 3.34. The number of nitrogen functional groups attached to an aromatic ring is 1. The maximum Gasteiger partial charge on any atom is 0.355 e. The molecule has 1 fully saturated rings. The van der Waals surface area contributed by atoms with E-state index in [1.165, 1.54) is 0 Å². The highest BCUT2D eigenvalue weighted by atomic mass is 32.2. The van der Waals surface area contributed by atoms with Gasteiger partial charge < -0.3 is 15.0 Å². The fourth-order valence-electron chi connectivity index (χ4n) is 1.68. The maximum absolute atomic E-state index is 11.8. The van der Waals surface area contributed by atoms with Crippen LogP contribution < -0.4 is 5.73 Å². The van der Waals surface area contributed by atoms with Gasteiger partial charge in [-0.15, -0.1) is 0 Å². The van der Waals surface area contributed by atoms with E-state index in [0.29, 0.717) is 17.4 Å². The second-order valence-electron chi connectivity index (χ2n) is 4.56. The molecule has 0 aromatic carbocycles. The van der Waals surface area contributed by atoms with E-state index in [1.807, 2.05) is 0 Å². The van der Waals surface area contributed by atoms with Crippen LogP contribution in [0.5, 0.6) is 0 Å². The third-order valence-corrected chi connectivity index (χ3v) is 3.61. The van der Waals surface area contributed by atoms with Gasteiger partial charge in [-0.05, 0) is 18.9 Å². The van der Waals surface area contributed by atoms with Crippen molar-refractivity contribution in [1.82, 2.24) is 4.57 Å². The molecule has 0 radical (unpaired) electrons. The molecule has 1 aliphatic carbocycles. The second-order valence-corrected chi connectivity index (χ2v) is 6.82. The predicted octanol–water partition coefficient (Wildman–Crippen LogP) is 0.607. The molecule has 1 aromatic rings. The van der Waals surface area contributed by atoms with Gasteiger partial charge in [0.25, 0.3) is 0 Å². The van der Waals surface area contributed by atoms with Gasteiger partial charge >= 0.3 is 5.97 Å². The quantitative estimate of drug-likeness (QED) is 0.793. The van der Waals surface area contributed by atoms with Crippen LogP contribution in [0.25, 0.3) is 0 Å². The molecule has 0 spiro atoms. The second kappa shape index (κ2) is 4.64. The Morgan fingerprint density at radius 2 is 2.22 bits per heavy atom. The van der Waals surface area contributed by atoms with Crippen LogP contribution in [-0.4, -0.2) is 37.6 Å². The lowest BCUT2D eigenvalue weighted by Crippen LogP contribution is -2.16. The Morgan fingerprint density at radius 3 is 2.78 bits per heavy atom. The van der Waals surface area contributed by atoms with Crippen molar-refractivity contribution in [2.75, 3.05) is 24.3 Å². The number of anilines is 1. The first-order valence-electron chi connectivity index (χ1n) is 5.69. The van der Waals surface area contributed by atoms with E-state index in [1.54, 1.807) is 16.8 Å². The SMILES string of the molecule is CS(=O)(=O)CCOC(=O)c1cc(N)cn1C1CC1. The van der Waals surface area contributed by atoms with Crippen LogP contribution in [0.2, 0.25) is 0 Å². The van der Waals surface area contributed by atoms with E-state index in [9.17, 15) is 13.2 Å². The summed E-state index contributed by atoms with van der Waals surface area (Å²) in [5.74, 6) is -0.694. The standard InChI is InChI=1S/C11H16N2O4S/c1-18(15,16)5-4-17-11(14)10-6-8(12)7-13(10)9-2-3-9/h6-7,9H,2-5,12H2,1H3. The number of esters is 1. The number of hydrogen-bond donors (Lipinski definition) is 1. The minimum atomic E-state index is -3.12. The highest BCUT2D eigenvalue weighted by Crippen LogP contribution is 2.37. The zero-order valence-electron chi connectivity index (χ0n) is 10.1. The number of nitrogens with zero attached hydrogens (tertiary/aromatic N) is 1. The first-order chi connectivity index (χ1) is 8.37. The molecule has 0 aliphatic heterocycles. The fraction of sp³-hybridized carbons (Fsp3) is 0.545. The molecule has 100 valence electrons. The Hall–Kier alpha value is -1.50. The van der Waals surface area contributed by atoms with E-state index >= 15 is 0 Å². The van der Waals surface area contributed by atoms with Gasteiger partial charge in [0.2, 0.25) is 0 Å². The molecule has 2 rings (SSSR count). The minimum Gasteiger partial charge on any atom is -0.460 e. The first kappa shape index (κ1) is 12.9. The van der Waals surface area contributed by atoms with E-state index in [-0.39, 0.29) is 12.4 Å². The van der Waals surface area contributed by atoms with Crippen molar-refractivity contribution in [2.45, 2.75) is 18.9 Å². The van der Waals surface area contributed by atoms with Gasteiger partial charge in [-0.25, -0.2) is 13.2 Å². The molecule has 18 heavy (non-hydrogen) atoms. The van der Waals surface area contributed by atoms with Crippen molar-refractivity contribution in [2.24, 2.45) is 0 Å². The van der Waals surface area contributed by atoms with Crippen molar-refractivity contribution in [3.8, 4) is 0 Å². The van der Waals surface area contributed by atoms with Crippen molar-refractivity contribution < 1.29 is 17.9 Å². The molecule has 1 aliphatic rings. The van der Waals surface area contributed by atoms with Crippen LogP contribution in [-0.2, 0) is 14.6 Å². The number of carbonyl (C=O) groups excluding carboxylic acids is 1. The number of aromatic nitrogens is 1. The van der Waals surface area contributed by atoms with Crippen LogP contribution in [0, 0.1) is 0 Å². The van der Waals surface area contributed by atoms with Crippen LogP contribution in [0.4, 0.5) is 5.69 Å². The van der Waals surface area contributed by atoms with Gasteiger partial charge in [-0.1, -0.05) is 0 Å². The third kappa shape index (κ3) is 3.25. The molecule has 7 heteroatoms. The maximum atomic E-state index is 11.8. The van der Waals surface area contributed by atoms with Crippen molar-refractivity contribution in [1.29, 1.82) is 0 Å². The monoisotopic (exact) mass is 272 g/mol. The molecular formula is C11H16N2O4S. The van der Waals surface area contributed by atoms with Crippen LogP contribution in [0.1, 0.15) is 29.4 Å². The first-order valence-corrected chi connectivity index (χ1v) is 7.75. The fourth-order valence-corrected chi connectivity index (χ4v) is 2.06. The Balaban J connectivity index is 2.00. The van der Waals surface area contributed by atoms with Gasteiger partial charge in [0.05, 0.1) is 11.4 Å². The van der Waals surface area contributed by atoms with Gasteiger partial charge in [0.15, 0.2) is 9.84 Å². The average molecular weight is 272 g/mol. The van der Waals surface area contributed by atoms with Crippen molar-refractivity contribution in [3.05, 3.63) is 18.0 Å². The molecule has 0 atom stereocenters. The van der Waals surface area contributed by atoms with E-state index < -0.39 is 15.8 Å². The molecular weight excluding hydrogens is 256 g/mol. The number of ether oxygens (including phenoxy) is 1. The molecule has 0 bridgehead atoms. The number of rotatable bonds is 5. The van der Waals surface area contributed by atoms with Gasteiger partial charge in [-0.3, -0.25) is 0 Å². The summed E-state index contributed by atoms with van der Waals surface area (Å²) in [6, 6.07) is 1.88. The Labute approximate surface area is 106 Å². The molecule has 6 nitrogen and oxygen atoms in total. The summed E-state index contributed by atoms with van der Waals surface area (Å²) in [7, 11) is -3.12. The van der Waals surface area contributed by atoms with Crippen LogP contribution in [0.15, 0.2) is 12.3 Å². The topological polar surface area (TPSA) is 91.4 Å². The lowest BCUT2D eigenvalue weighted by molar-refractivity contribution is 0.0516. The van der Waals surface area contributed by atoms with Crippen LogP contribution in [0.3, 0.4) is 0 Å². The normalized spacial score (nSPS) is 15.6. The summed E-state index contributed by atoms with van der Waals surface area (Å²) in [4.78, 5) is 11.8. The average Bonchev–Trinajstić information content (AvgIpc) is 3.00. The largest absolute Gasteiger partial charge is 0.460 e. The summed E-state index contributed by atoms with van der Waals surface area (Å²) in [5, 5.41) is 0. The van der Waals surface area contributed by atoms with Crippen LogP contribution >= 0.6 is 0 Å². The van der Waals surface area contributed by atoms with Gasteiger partial charge in [0, 0.05) is 18.5 Å². The molecule has 0 unspecified atom stereocenters. The Bertz CT molecular complexity index is 558. The zero-order chi connectivity index (χ0) is 13.3. The van der Waals surface area contributed by atoms with E-state index in [0.717, 1.165) is 19.1 Å². The highest BCUT2D eigenvalue weighted by molar-refractivity contribution is 7.90. The summed E-state index contributed by atoms with van der Waals surface area (Å²) in [5.41, 5.74) is 6.56. The Morgan fingerprint density at radius 1 is 1.56 bits per heavy atom. The summed E-state index contributed by atoms with van der Waals surface area (Å²) >= 11 is 0. The smallest absolute Gasteiger partial charge is 0.355 e. The molecule has 1 saturated carbocycles. The third-order valence-electron chi connectivity index (χ3n) is 2.71. The van der Waals surface area contributed by atoms with Gasteiger partial charge in [0.1, 0.15) is 12.3 Å². The van der Waals surface area contributed by atoms with E-state index in [2.05, 4.69) is 0 Å². The summed E-state index contributed by atoms with van der Waals surface area (Å²) < 4.78 is 28.6. The summed E-state index contributed by atoms with van der Waals surface area (Å²) in [6.45, 7) is -0.132. The molecule has 0 amide bonds. The molecule has 1 heterocycles. The summed E-state index contributed by atoms with van der Waals surface area (Å²) in [6.07, 6.45) is 4.87. The lowest BCUT2D eigenvalue weighted by atomic mass is 10.4. The van der Waals surface area contributed by atoms with E-state index in [4.69, 9.17) is 10.5 Å². The molecule has 1 aromatic heterocycles. The number of hydrogen-bond acceptors (Lipinski definition) is 5. The van der Waals surface area contributed by atoms with Crippen molar-refractivity contribution in [3.63, 3.8) is 0 Å². The lowest BCUT2D eigenvalue weighted by Gasteiger charge is -2.07. The van der Waals surface area contributed by atoms with Crippen molar-refractivity contribution >= 4 is 21.5 Å². The minimum absolute atomic E-state index is 0.132. The number of carbonyl (C=O) groups is 1. The molecule has 2 N–H and O–H groups in total. The zero-order valence-corrected chi connectivity index (χ0v) is 10.9.